The van der Waals surface area contributed by atoms with Gasteiger partial charge in [-0.3, -0.25) is 4.57 Å². The summed E-state index contributed by atoms with van der Waals surface area (Å²) in [5, 5.41) is 9.10. The van der Waals surface area contributed by atoms with Crippen molar-refractivity contribution in [3.63, 3.8) is 0 Å². The van der Waals surface area contributed by atoms with Crippen molar-refractivity contribution in [3.05, 3.63) is 52.3 Å². The zero-order valence-electron chi connectivity index (χ0n) is 14.2. The number of benzene rings is 2. The Morgan fingerprint density at radius 2 is 2.00 bits per heavy atom. The minimum Gasteiger partial charge on any atom is -0.339 e. The highest BCUT2D eigenvalue weighted by Gasteiger charge is 2.32. The Kier molecular flexibility index (Phi) is 3.27. The monoisotopic (exact) mass is 395 g/mol. The third kappa shape index (κ3) is 2.17. The first-order chi connectivity index (χ1) is 12.1. The summed E-state index contributed by atoms with van der Waals surface area (Å²) in [5.41, 5.74) is 6.18. The van der Waals surface area contributed by atoms with Crippen LogP contribution in [0.2, 0.25) is 0 Å². The molecule has 0 fully saturated rings. The van der Waals surface area contributed by atoms with Crippen molar-refractivity contribution in [1.29, 1.82) is 0 Å². The molecule has 0 bridgehead atoms. The molecule has 3 heterocycles. The van der Waals surface area contributed by atoms with Gasteiger partial charge in [0.05, 0.1) is 23.6 Å². The topological polar surface area (TPSA) is 37.2 Å². The molecule has 0 saturated heterocycles. The van der Waals surface area contributed by atoms with Gasteiger partial charge in [-0.25, -0.2) is 0 Å². The average molecular weight is 396 g/mol. The summed E-state index contributed by atoms with van der Waals surface area (Å²) in [6, 6.07) is 13.0. The first-order valence-electron chi connectivity index (χ1n) is 8.42. The molecule has 0 amide bonds. The van der Waals surface area contributed by atoms with E-state index in [0.29, 0.717) is 0 Å². The molecule has 0 saturated carbocycles. The lowest BCUT2D eigenvalue weighted by atomic mass is 10.1. The van der Waals surface area contributed by atoms with Gasteiger partial charge >= 0.3 is 0 Å². The fourth-order valence-corrected chi connectivity index (χ4v) is 4.26. The number of nitrogens with zero attached hydrogens (tertiary/aromatic N) is 5. The molecule has 3 aromatic rings. The molecule has 2 aliphatic rings. The van der Waals surface area contributed by atoms with Gasteiger partial charge < -0.3 is 9.80 Å². The summed E-state index contributed by atoms with van der Waals surface area (Å²) in [7, 11) is 4.12. The van der Waals surface area contributed by atoms with Crippen LogP contribution >= 0.6 is 15.9 Å². The van der Waals surface area contributed by atoms with Gasteiger partial charge in [-0.2, -0.15) is 0 Å². The van der Waals surface area contributed by atoms with E-state index in [0.717, 1.165) is 41.3 Å². The maximum Gasteiger partial charge on any atom is 0.170 e. The van der Waals surface area contributed by atoms with E-state index >= 15 is 0 Å². The van der Waals surface area contributed by atoms with Crippen LogP contribution in [-0.2, 0) is 13.0 Å². The van der Waals surface area contributed by atoms with Crippen LogP contribution in [-0.4, -0.2) is 40.3 Å². The number of fused-ring (bicyclic) bond motifs is 5. The maximum atomic E-state index is 4.58. The minimum absolute atomic E-state index is 0.748. The Hall–Kier alpha value is -2.18. The lowest BCUT2D eigenvalue weighted by molar-refractivity contribution is 0.387. The van der Waals surface area contributed by atoms with Crippen LogP contribution in [0, 0.1) is 0 Å². The van der Waals surface area contributed by atoms with E-state index in [-0.39, 0.29) is 0 Å². The molecule has 0 radical (unpaired) electrons. The molecule has 0 atom stereocenters. The number of halogens is 1. The maximum absolute atomic E-state index is 4.58. The summed E-state index contributed by atoms with van der Waals surface area (Å²) >= 11 is 3.64. The molecule has 126 valence electrons. The van der Waals surface area contributed by atoms with E-state index in [1.807, 2.05) is 0 Å². The smallest absolute Gasteiger partial charge is 0.170 e. The van der Waals surface area contributed by atoms with E-state index < -0.39 is 0 Å². The Balaban J connectivity index is 1.88. The van der Waals surface area contributed by atoms with Crippen molar-refractivity contribution in [2.75, 3.05) is 25.5 Å². The van der Waals surface area contributed by atoms with Crippen molar-refractivity contribution in [2.24, 2.45) is 0 Å². The van der Waals surface area contributed by atoms with E-state index in [1.165, 1.54) is 22.5 Å². The highest BCUT2D eigenvalue weighted by molar-refractivity contribution is 9.10. The van der Waals surface area contributed by atoms with Crippen LogP contribution in [0.4, 0.5) is 11.4 Å². The van der Waals surface area contributed by atoms with Crippen LogP contribution in [0.15, 0.2) is 40.9 Å². The number of para-hydroxylation sites is 1. The normalized spacial score (nSPS) is 14.3. The number of rotatable bonds is 2. The highest BCUT2D eigenvalue weighted by atomic mass is 79.9. The summed E-state index contributed by atoms with van der Waals surface area (Å²) < 4.78 is 3.30. The Morgan fingerprint density at radius 1 is 1.12 bits per heavy atom. The van der Waals surface area contributed by atoms with E-state index in [9.17, 15) is 0 Å². The van der Waals surface area contributed by atoms with Crippen molar-refractivity contribution in [3.8, 4) is 17.1 Å². The molecule has 5 nitrogen and oxygen atoms in total. The molecular weight excluding hydrogens is 378 g/mol. The van der Waals surface area contributed by atoms with Crippen LogP contribution in [0.3, 0.4) is 0 Å². The third-order valence-electron chi connectivity index (χ3n) is 4.89. The second-order valence-electron chi connectivity index (χ2n) is 6.86. The standard InChI is InChI=1S/C19H18BrN5/c1-23(2)11-17-21-22-19-14-5-3-4-12-8-9-24(18(12)14)16-10-13(20)6-7-15(16)25(17)19/h3-7,10H,8-9,11H2,1-2H3. The van der Waals surface area contributed by atoms with E-state index in [4.69, 9.17) is 0 Å². The number of hydrogen-bond acceptors (Lipinski definition) is 4. The number of anilines is 2. The second-order valence-corrected chi connectivity index (χ2v) is 7.78. The van der Waals surface area contributed by atoms with Crippen molar-refractivity contribution in [2.45, 2.75) is 13.0 Å². The zero-order valence-corrected chi connectivity index (χ0v) is 15.8. The van der Waals surface area contributed by atoms with Crippen LogP contribution in [0.1, 0.15) is 11.4 Å². The summed E-state index contributed by atoms with van der Waals surface area (Å²) in [6.45, 7) is 1.74. The molecular formula is C19H18BrN5. The average Bonchev–Trinajstić information content (AvgIpc) is 3.15. The van der Waals surface area contributed by atoms with Crippen LogP contribution in [0.5, 0.6) is 0 Å². The number of hydrogen-bond donors (Lipinski definition) is 0. The van der Waals surface area contributed by atoms with Crippen LogP contribution < -0.4 is 4.90 Å². The minimum atomic E-state index is 0.748. The quantitative estimate of drug-likeness (QED) is 0.661. The molecule has 0 spiro atoms. The fourth-order valence-electron chi connectivity index (χ4n) is 3.91. The Bertz CT molecular complexity index is 991. The molecule has 25 heavy (non-hydrogen) atoms. The van der Waals surface area contributed by atoms with Gasteiger partial charge in [0, 0.05) is 16.6 Å². The zero-order chi connectivity index (χ0) is 17.1. The molecule has 6 heteroatoms. The largest absolute Gasteiger partial charge is 0.339 e. The van der Waals surface area contributed by atoms with E-state index in [2.05, 4.69) is 91.0 Å². The first-order valence-corrected chi connectivity index (χ1v) is 9.21. The third-order valence-corrected chi connectivity index (χ3v) is 5.39. The fraction of sp³-hybridized carbons (Fsp3) is 0.263. The molecule has 5 rings (SSSR count). The molecule has 0 N–H and O–H groups in total. The summed E-state index contributed by atoms with van der Waals surface area (Å²) in [6.07, 6.45) is 1.06. The molecule has 0 unspecified atom stereocenters. The highest BCUT2D eigenvalue weighted by Crippen LogP contribution is 2.47. The van der Waals surface area contributed by atoms with Gasteiger partial charge in [-0.05, 0) is 50.3 Å². The Morgan fingerprint density at radius 3 is 2.84 bits per heavy atom. The van der Waals surface area contributed by atoms with Crippen molar-refractivity contribution >= 4 is 27.3 Å². The molecule has 0 aliphatic carbocycles. The Labute approximate surface area is 155 Å². The molecule has 1 aromatic heterocycles. The summed E-state index contributed by atoms with van der Waals surface area (Å²) in [4.78, 5) is 4.56. The molecule has 2 aliphatic heterocycles. The van der Waals surface area contributed by atoms with Gasteiger partial charge in [-0.1, -0.05) is 28.1 Å². The van der Waals surface area contributed by atoms with Crippen LogP contribution in [0.25, 0.3) is 17.1 Å². The van der Waals surface area contributed by atoms with Crippen molar-refractivity contribution < 1.29 is 0 Å². The van der Waals surface area contributed by atoms with Gasteiger partial charge in [-0.15, -0.1) is 10.2 Å². The second kappa shape index (κ2) is 5.41. The van der Waals surface area contributed by atoms with Gasteiger partial charge in [0.25, 0.3) is 0 Å². The lowest BCUT2D eigenvalue weighted by Crippen LogP contribution is -2.17. The van der Waals surface area contributed by atoms with Gasteiger partial charge in [0.1, 0.15) is 0 Å². The first kappa shape index (κ1) is 15.1. The predicted octanol–water partition coefficient (Wildman–Crippen LogP) is 3.77. The van der Waals surface area contributed by atoms with Crippen molar-refractivity contribution in [1.82, 2.24) is 19.7 Å². The predicted molar refractivity (Wildman–Crippen MR) is 103 cm³/mol. The SMILES string of the molecule is CN(C)Cc1nnc2n1-c1ccc(Br)cc1N1CCc3cccc-2c31. The molecule has 2 aromatic carbocycles. The summed E-state index contributed by atoms with van der Waals surface area (Å²) in [5.74, 6) is 1.89. The van der Waals surface area contributed by atoms with Gasteiger partial charge in [0.15, 0.2) is 11.6 Å². The van der Waals surface area contributed by atoms with E-state index in [1.54, 1.807) is 0 Å². The number of aromatic nitrogens is 3. The lowest BCUT2D eigenvalue weighted by Gasteiger charge is -2.22. The van der Waals surface area contributed by atoms with Gasteiger partial charge in [0.2, 0.25) is 0 Å².